The summed E-state index contributed by atoms with van der Waals surface area (Å²) in [6.07, 6.45) is -2.10. The predicted molar refractivity (Wildman–Crippen MR) is 298 cm³/mol. The van der Waals surface area contributed by atoms with Crippen LogP contribution in [-0.4, -0.2) is 167 Å². The second-order valence-electron chi connectivity index (χ2n) is 24.4. The van der Waals surface area contributed by atoms with Gasteiger partial charge >= 0.3 is 12.2 Å². The van der Waals surface area contributed by atoms with Gasteiger partial charge < -0.3 is 45.5 Å². The second-order valence-corrected chi connectivity index (χ2v) is 24.4. The van der Waals surface area contributed by atoms with Crippen molar-refractivity contribution in [1.82, 2.24) is 56.4 Å². The SMILES string of the molecule is CNC(=O)O[C@H](C(=O)NN(Cc1c(F)cc(-c2ccn(CC(F)F)n2)cc1F)C[C@H](O)[C@H](Cc1ccc(C#Cc2cnc(N3C[C@@H]4C[C@@H](C3)N4C3COC3)nc2)cc1)NC(=O)[C@@H](NC(=O)[C@@H](NC(=O)OC)C(C)(C)C)C(C)(C)C)C(C)(C)C. The molecule has 2 aromatic heterocycles. The van der Waals surface area contributed by atoms with Gasteiger partial charge in [-0.2, -0.15) is 5.10 Å². The van der Waals surface area contributed by atoms with E-state index in [0.717, 1.165) is 61.7 Å². The van der Waals surface area contributed by atoms with Crippen LogP contribution in [0.4, 0.5) is 33.1 Å². The number of piperazine rings is 1. The summed E-state index contributed by atoms with van der Waals surface area (Å²) in [7, 11) is 2.44. The quantitative estimate of drug-likeness (QED) is 0.0390. The molecule has 0 aliphatic carbocycles. The van der Waals surface area contributed by atoms with Gasteiger partial charge in [0.2, 0.25) is 17.8 Å². The molecule has 7 atom stereocenters. The van der Waals surface area contributed by atoms with Crippen LogP contribution in [-0.2, 0) is 48.1 Å². The maximum atomic E-state index is 16.3. The van der Waals surface area contributed by atoms with Gasteiger partial charge in [-0.05, 0) is 59.6 Å². The van der Waals surface area contributed by atoms with Crippen LogP contribution in [0.1, 0.15) is 91.0 Å². The number of hydrogen-bond acceptors (Lipinski definition) is 15. The second kappa shape index (κ2) is 26.5. The van der Waals surface area contributed by atoms with Crippen LogP contribution in [0.25, 0.3) is 11.3 Å². The molecule has 0 spiro atoms. The van der Waals surface area contributed by atoms with E-state index >= 15 is 8.78 Å². The molecular formula is C58H76F4N12O9. The van der Waals surface area contributed by atoms with Crippen LogP contribution in [0, 0.1) is 39.7 Å². The van der Waals surface area contributed by atoms with E-state index in [1.807, 2.05) is 0 Å². The van der Waals surface area contributed by atoms with E-state index in [1.54, 1.807) is 99.0 Å². The number of halogens is 4. The number of alkyl carbamates (subject to hydrolysis) is 2. The molecule has 4 aliphatic heterocycles. The molecule has 2 aromatic carbocycles. The molecule has 2 bridgehead atoms. The Kier molecular flexibility index (Phi) is 20.1. The van der Waals surface area contributed by atoms with Gasteiger partial charge in [0.05, 0.1) is 49.8 Å². The highest BCUT2D eigenvalue weighted by Crippen LogP contribution is 2.37. The fourth-order valence-corrected chi connectivity index (χ4v) is 10.1. The molecule has 4 saturated heterocycles. The maximum Gasteiger partial charge on any atom is 0.407 e. The van der Waals surface area contributed by atoms with Gasteiger partial charge in [-0.25, -0.2) is 42.1 Å². The van der Waals surface area contributed by atoms with Crippen LogP contribution < -0.4 is 31.6 Å². The zero-order valence-electron chi connectivity index (χ0n) is 48.7. The first kappa shape index (κ1) is 63.2. The number of hydrogen-bond donors (Lipinski definition) is 6. The van der Waals surface area contributed by atoms with Crippen molar-refractivity contribution in [1.29, 1.82) is 0 Å². The van der Waals surface area contributed by atoms with Crippen molar-refractivity contribution < 1.29 is 60.9 Å². The van der Waals surface area contributed by atoms with Crippen molar-refractivity contribution in [2.75, 3.05) is 51.9 Å². The average molecular weight is 1160 g/mol. The minimum absolute atomic E-state index is 0.00280. The van der Waals surface area contributed by atoms with E-state index in [4.69, 9.17) is 14.2 Å². The Morgan fingerprint density at radius 2 is 1.39 bits per heavy atom. The van der Waals surface area contributed by atoms with Crippen LogP contribution in [0.5, 0.6) is 0 Å². The number of fused-ring (bicyclic) bond motifs is 2. The normalized spacial score (nSPS) is 18.3. The van der Waals surface area contributed by atoms with Crippen molar-refractivity contribution in [3.05, 3.63) is 94.9 Å². The fourth-order valence-electron chi connectivity index (χ4n) is 10.1. The molecule has 0 saturated carbocycles. The number of anilines is 1. The number of benzene rings is 2. The fraction of sp³-hybridized carbons (Fsp3) is 0.552. The number of piperidine rings is 1. The summed E-state index contributed by atoms with van der Waals surface area (Å²) in [6, 6.07) is 7.81. The average Bonchev–Trinajstić information content (AvgIpc) is 2.00. The van der Waals surface area contributed by atoms with Gasteiger partial charge in [-0.1, -0.05) is 86.3 Å². The number of rotatable bonds is 20. The number of ether oxygens (including phenoxy) is 3. The highest BCUT2D eigenvalue weighted by Gasteiger charge is 2.50. The molecule has 25 heteroatoms. The molecule has 0 unspecified atom stereocenters. The molecular weight excluding hydrogens is 1080 g/mol. The monoisotopic (exact) mass is 1160 g/mol. The smallest absolute Gasteiger partial charge is 0.407 e. The van der Waals surface area contributed by atoms with Crippen molar-refractivity contribution in [3.63, 3.8) is 0 Å². The van der Waals surface area contributed by atoms with Crippen LogP contribution in [0.2, 0.25) is 0 Å². The molecule has 0 radical (unpaired) electrons. The third kappa shape index (κ3) is 16.5. The predicted octanol–water partition coefficient (Wildman–Crippen LogP) is 4.94. The van der Waals surface area contributed by atoms with E-state index in [9.17, 15) is 37.9 Å². The topological polar surface area (TPSA) is 247 Å². The van der Waals surface area contributed by atoms with Gasteiger partial charge in [0, 0.05) is 86.0 Å². The Balaban J connectivity index is 1.17. The summed E-state index contributed by atoms with van der Waals surface area (Å²) >= 11 is 0. The lowest BCUT2D eigenvalue weighted by molar-refractivity contribution is -0.142. The third-order valence-corrected chi connectivity index (χ3v) is 14.6. The number of alkyl halides is 2. The summed E-state index contributed by atoms with van der Waals surface area (Å²) < 4.78 is 75.3. The van der Waals surface area contributed by atoms with Gasteiger partial charge in [0.25, 0.3) is 12.3 Å². The summed E-state index contributed by atoms with van der Waals surface area (Å²) in [4.78, 5) is 81.9. The Hall–Kier alpha value is -7.40. The summed E-state index contributed by atoms with van der Waals surface area (Å²) in [5.74, 6) is 2.22. The van der Waals surface area contributed by atoms with Crippen LogP contribution >= 0.6 is 0 Å². The molecule has 6 N–H and O–H groups in total. The number of methoxy groups -OCH3 is 1. The van der Waals surface area contributed by atoms with Crippen molar-refractivity contribution >= 4 is 35.9 Å². The van der Waals surface area contributed by atoms with E-state index < -0.39 is 120 Å². The Morgan fingerprint density at radius 1 is 0.795 bits per heavy atom. The number of carbonyl (C=O) groups is 5. The lowest BCUT2D eigenvalue weighted by atomic mass is 9.83. The lowest BCUT2D eigenvalue weighted by Gasteiger charge is -2.60. The van der Waals surface area contributed by atoms with E-state index in [1.165, 1.54) is 19.3 Å². The Bertz CT molecular complexity index is 2970. The van der Waals surface area contributed by atoms with Gasteiger partial charge in [0.15, 0.2) is 6.10 Å². The minimum atomic E-state index is -2.74. The molecule has 4 fully saturated rings. The number of aliphatic hydroxyl groups is 1. The first-order chi connectivity index (χ1) is 39.0. The minimum Gasteiger partial charge on any atom is -0.453 e. The molecule has 83 heavy (non-hydrogen) atoms. The highest BCUT2D eigenvalue weighted by atomic mass is 19.3. The molecule has 6 heterocycles. The number of nitrogens with zero attached hydrogens (tertiary/aromatic N) is 7. The maximum absolute atomic E-state index is 16.3. The molecule has 21 nitrogen and oxygen atoms in total. The largest absolute Gasteiger partial charge is 0.453 e. The Morgan fingerprint density at radius 3 is 1.93 bits per heavy atom. The lowest BCUT2D eigenvalue weighted by Crippen LogP contribution is -2.74. The number of aromatic nitrogens is 4. The zero-order valence-corrected chi connectivity index (χ0v) is 48.7. The summed E-state index contributed by atoms with van der Waals surface area (Å²) in [6.45, 7) is 16.2. The van der Waals surface area contributed by atoms with E-state index in [-0.39, 0.29) is 17.7 Å². The molecule has 4 aromatic rings. The van der Waals surface area contributed by atoms with Gasteiger partial charge in [-0.15, -0.1) is 0 Å². The Labute approximate surface area is 480 Å². The first-order valence-corrected chi connectivity index (χ1v) is 27.4. The molecule has 8 rings (SSSR count). The summed E-state index contributed by atoms with van der Waals surface area (Å²) in [5, 5.41) is 28.0. The van der Waals surface area contributed by atoms with Crippen LogP contribution in [0.15, 0.2) is 61.1 Å². The number of nitrogens with one attached hydrogen (secondary N) is 5. The highest BCUT2D eigenvalue weighted by molar-refractivity contribution is 5.92. The summed E-state index contributed by atoms with van der Waals surface area (Å²) in [5.41, 5.74) is 0.777. The van der Waals surface area contributed by atoms with Crippen molar-refractivity contribution in [3.8, 4) is 23.1 Å². The number of amides is 5. The third-order valence-electron chi connectivity index (χ3n) is 14.6. The number of aliphatic hydroxyl groups excluding tert-OH is 1. The number of hydrazine groups is 1. The first-order valence-electron chi connectivity index (χ1n) is 27.4. The van der Waals surface area contributed by atoms with Gasteiger partial charge in [0.1, 0.15) is 30.3 Å². The molecule has 450 valence electrons. The van der Waals surface area contributed by atoms with Crippen molar-refractivity contribution in [2.24, 2.45) is 16.2 Å². The van der Waals surface area contributed by atoms with Gasteiger partial charge in [-0.3, -0.25) is 29.4 Å². The standard InChI is InChI=1S/C58H76F4N12O9/c1-56(2,3)47(67-51(77)48(57(4,5)6)68-55(80)81-11)50(76)66-44(20-34-15-12-33(13-16-34)14-17-35-24-64-53(65-25-35)71-26-37-23-38(27-71)74(37)39-31-82-32-39)45(75)29-73(70-52(78)49(58(7,8)9)83-54(79)63-10)28-40-41(59)21-36(22-42(40)60)43-18-19-72(69-43)30-46(61)62/h12-13,15-16,18-19,21-22,24-25,37-39,44-49,75H,20,23,26-32H2,1-11H3,(H,63,79)(H,66,76)(H,67,77)(H,68,80)(H,70,78)/t37-,38-,44-,45-,47+,48+,49+/m0/s1. The van der Waals surface area contributed by atoms with Crippen molar-refractivity contribution in [2.45, 2.75) is 143 Å². The molecule has 4 aliphatic rings. The van der Waals surface area contributed by atoms with E-state index in [2.05, 4.69) is 63.4 Å². The van der Waals surface area contributed by atoms with Crippen LogP contribution in [0.3, 0.4) is 0 Å². The number of carbonyl (C=O) groups excluding carboxylic acids is 5. The molecule has 5 amide bonds. The zero-order chi connectivity index (χ0) is 60.7. The van der Waals surface area contributed by atoms with E-state index in [0.29, 0.717) is 40.8 Å².